The van der Waals surface area contributed by atoms with Crippen LogP contribution in [0.15, 0.2) is 42.0 Å². The van der Waals surface area contributed by atoms with Gasteiger partial charge in [-0.15, -0.1) is 22.7 Å². The Morgan fingerprint density at radius 2 is 2.14 bits per heavy atom. The van der Waals surface area contributed by atoms with Crippen molar-refractivity contribution in [2.75, 3.05) is 18.9 Å². The summed E-state index contributed by atoms with van der Waals surface area (Å²) in [6.07, 6.45) is 5.66. The standard InChI is InChI=1S/C22H24N4S2/c1-3-19-15(5-4-10-26(19)2)21-12-16-17(8-9-23-22(16)28-21)25-14-6-7-20-18(11-14)24-13-27-20/h6-9,11-13,15,19H,3-5,10H2,1-2H3,(H,23,25)/t15-,19-/m0/s1. The van der Waals surface area contributed by atoms with Crippen molar-refractivity contribution in [1.29, 1.82) is 0 Å². The van der Waals surface area contributed by atoms with Gasteiger partial charge in [0.05, 0.1) is 21.4 Å². The summed E-state index contributed by atoms with van der Waals surface area (Å²) in [6.45, 7) is 3.52. The molecular weight excluding hydrogens is 384 g/mol. The number of hydrogen-bond acceptors (Lipinski definition) is 6. The molecule has 0 aliphatic carbocycles. The maximum atomic E-state index is 4.66. The van der Waals surface area contributed by atoms with E-state index in [1.165, 1.54) is 40.8 Å². The highest BCUT2D eigenvalue weighted by Gasteiger charge is 2.30. The van der Waals surface area contributed by atoms with E-state index in [2.05, 4.69) is 64.5 Å². The Morgan fingerprint density at radius 1 is 1.21 bits per heavy atom. The molecule has 6 heteroatoms. The number of thiophene rings is 1. The van der Waals surface area contributed by atoms with Gasteiger partial charge in [-0.3, -0.25) is 0 Å². The first-order valence-corrected chi connectivity index (χ1v) is 11.6. The van der Waals surface area contributed by atoms with Crippen molar-refractivity contribution in [1.82, 2.24) is 14.9 Å². The molecule has 2 atom stereocenters. The van der Waals surface area contributed by atoms with Crippen molar-refractivity contribution in [3.05, 3.63) is 46.9 Å². The molecule has 4 nitrogen and oxygen atoms in total. The topological polar surface area (TPSA) is 41.1 Å². The molecule has 1 aliphatic heterocycles. The summed E-state index contributed by atoms with van der Waals surface area (Å²) in [5.74, 6) is 0.613. The zero-order valence-corrected chi connectivity index (χ0v) is 17.8. The molecule has 5 rings (SSSR count). The summed E-state index contributed by atoms with van der Waals surface area (Å²) in [5, 5.41) is 4.83. The molecule has 0 amide bonds. The fourth-order valence-corrected chi connectivity index (χ4v) is 6.37. The van der Waals surface area contributed by atoms with E-state index in [1.54, 1.807) is 11.3 Å². The Bertz CT molecular complexity index is 1120. The van der Waals surface area contributed by atoms with E-state index in [4.69, 9.17) is 0 Å². The first kappa shape index (κ1) is 18.0. The monoisotopic (exact) mass is 408 g/mol. The maximum Gasteiger partial charge on any atom is 0.125 e. The van der Waals surface area contributed by atoms with Crippen LogP contribution in [0, 0.1) is 0 Å². The molecule has 144 valence electrons. The lowest BCUT2D eigenvalue weighted by Gasteiger charge is -2.38. The van der Waals surface area contributed by atoms with Gasteiger partial charge in [0, 0.05) is 34.1 Å². The highest BCUT2D eigenvalue weighted by atomic mass is 32.1. The lowest BCUT2D eigenvalue weighted by atomic mass is 9.86. The average Bonchev–Trinajstić information content (AvgIpc) is 3.34. The predicted molar refractivity (Wildman–Crippen MR) is 121 cm³/mol. The van der Waals surface area contributed by atoms with Gasteiger partial charge in [-0.05, 0) is 63.2 Å². The molecule has 1 aliphatic rings. The molecule has 4 heterocycles. The number of aromatic nitrogens is 2. The zero-order chi connectivity index (χ0) is 19.1. The van der Waals surface area contributed by atoms with Gasteiger partial charge in [0.15, 0.2) is 0 Å². The van der Waals surface area contributed by atoms with E-state index < -0.39 is 0 Å². The summed E-state index contributed by atoms with van der Waals surface area (Å²) in [5.41, 5.74) is 5.14. The number of piperidine rings is 1. The highest BCUT2D eigenvalue weighted by Crippen LogP contribution is 2.41. The van der Waals surface area contributed by atoms with Gasteiger partial charge < -0.3 is 10.2 Å². The second-order valence-electron chi connectivity index (χ2n) is 7.59. The summed E-state index contributed by atoms with van der Waals surface area (Å²) in [7, 11) is 2.27. The van der Waals surface area contributed by atoms with Crippen LogP contribution in [0.1, 0.15) is 37.0 Å². The van der Waals surface area contributed by atoms with E-state index in [9.17, 15) is 0 Å². The fourth-order valence-electron chi connectivity index (χ4n) is 4.50. The third-order valence-electron chi connectivity index (χ3n) is 5.90. The molecule has 1 fully saturated rings. The number of nitrogens with zero attached hydrogens (tertiary/aromatic N) is 3. The minimum absolute atomic E-state index is 0.613. The lowest BCUT2D eigenvalue weighted by molar-refractivity contribution is 0.157. The SMILES string of the molecule is CC[C@H]1[C@@H](c2cc3c(Nc4ccc5scnc5c4)ccnc3s2)CCCN1C. The lowest BCUT2D eigenvalue weighted by Crippen LogP contribution is -2.40. The van der Waals surface area contributed by atoms with Crippen LogP contribution in [0.5, 0.6) is 0 Å². The second kappa shape index (κ2) is 7.43. The van der Waals surface area contributed by atoms with Gasteiger partial charge in [-0.25, -0.2) is 9.97 Å². The molecule has 0 unspecified atom stereocenters. The van der Waals surface area contributed by atoms with Crippen LogP contribution in [-0.4, -0.2) is 34.5 Å². The van der Waals surface area contributed by atoms with Crippen molar-refractivity contribution < 1.29 is 0 Å². The van der Waals surface area contributed by atoms with E-state index >= 15 is 0 Å². The minimum Gasteiger partial charge on any atom is -0.355 e. The summed E-state index contributed by atoms with van der Waals surface area (Å²) < 4.78 is 1.22. The van der Waals surface area contributed by atoms with Crippen molar-refractivity contribution in [2.24, 2.45) is 0 Å². The van der Waals surface area contributed by atoms with Gasteiger partial charge >= 0.3 is 0 Å². The van der Waals surface area contributed by atoms with E-state index in [1.807, 2.05) is 23.0 Å². The third kappa shape index (κ3) is 3.19. The fraction of sp³-hybridized carbons (Fsp3) is 0.364. The van der Waals surface area contributed by atoms with Crippen LogP contribution in [-0.2, 0) is 0 Å². The Kier molecular flexibility index (Phi) is 4.78. The van der Waals surface area contributed by atoms with Gasteiger partial charge in [-0.1, -0.05) is 6.92 Å². The number of pyridine rings is 1. The van der Waals surface area contributed by atoms with E-state index in [0.29, 0.717) is 12.0 Å². The number of thiazole rings is 1. The number of hydrogen-bond donors (Lipinski definition) is 1. The van der Waals surface area contributed by atoms with Crippen LogP contribution in [0.2, 0.25) is 0 Å². The van der Waals surface area contributed by atoms with Crippen LogP contribution in [0.3, 0.4) is 0 Å². The first-order chi connectivity index (χ1) is 13.7. The molecular formula is C22H24N4S2. The second-order valence-corrected chi connectivity index (χ2v) is 9.54. The van der Waals surface area contributed by atoms with E-state index in [-0.39, 0.29) is 0 Å². The Morgan fingerprint density at radius 3 is 3.04 bits per heavy atom. The molecule has 1 saturated heterocycles. The first-order valence-electron chi connectivity index (χ1n) is 9.92. The number of likely N-dealkylation sites (N-methyl/N-ethyl adjacent to an activating group) is 1. The van der Waals surface area contributed by atoms with Crippen LogP contribution >= 0.6 is 22.7 Å². The molecule has 0 spiro atoms. The van der Waals surface area contributed by atoms with Crippen molar-refractivity contribution >= 4 is 54.5 Å². The van der Waals surface area contributed by atoms with E-state index in [0.717, 1.165) is 21.7 Å². The van der Waals surface area contributed by atoms with Gasteiger partial charge in [0.1, 0.15) is 4.83 Å². The molecule has 3 aromatic heterocycles. The summed E-state index contributed by atoms with van der Waals surface area (Å²) in [6, 6.07) is 11.5. The Labute approximate surface area is 173 Å². The molecule has 1 N–H and O–H groups in total. The predicted octanol–water partition coefficient (Wildman–Crippen LogP) is 6.24. The normalized spacial score (nSPS) is 20.8. The Balaban J connectivity index is 1.50. The Hall–Kier alpha value is -2.02. The third-order valence-corrected chi connectivity index (χ3v) is 7.89. The highest BCUT2D eigenvalue weighted by molar-refractivity contribution is 7.18. The minimum atomic E-state index is 0.613. The van der Waals surface area contributed by atoms with Crippen LogP contribution < -0.4 is 5.32 Å². The van der Waals surface area contributed by atoms with Crippen LogP contribution in [0.25, 0.3) is 20.4 Å². The summed E-state index contributed by atoms with van der Waals surface area (Å²) >= 11 is 3.54. The smallest absolute Gasteiger partial charge is 0.125 e. The molecule has 4 aromatic rings. The molecule has 28 heavy (non-hydrogen) atoms. The number of nitrogens with one attached hydrogen (secondary N) is 1. The van der Waals surface area contributed by atoms with Gasteiger partial charge in [-0.2, -0.15) is 0 Å². The molecule has 1 aromatic carbocycles. The van der Waals surface area contributed by atoms with Gasteiger partial charge in [0.2, 0.25) is 0 Å². The van der Waals surface area contributed by atoms with Gasteiger partial charge in [0.25, 0.3) is 0 Å². The number of benzene rings is 1. The largest absolute Gasteiger partial charge is 0.355 e. The maximum absolute atomic E-state index is 4.66. The molecule has 0 saturated carbocycles. The number of anilines is 2. The molecule has 0 radical (unpaired) electrons. The quantitative estimate of drug-likeness (QED) is 0.434. The summed E-state index contributed by atoms with van der Waals surface area (Å²) in [4.78, 5) is 14.2. The average molecular weight is 409 g/mol. The zero-order valence-electron chi connectivity index (χ0n) is 16.2. The van der Waals surface area contributed by atoms with Crippen molar-refractivity contribution in [3.8, 4) is 0 Å². The number of rotatable bonds is 4. The van der Waals surface area contributed by atoms with Crippen LogP contribution in [0.4, 0.5) is 11.4 Å². The molecule has 0 bridgehead atoms. The van der Waals surface area contributed by atoms with Crippen molar-refractivity contribution in [2.45, 2.75) is 38.1 Å². The number of likely N-dealkylation sites (tertiary alicyclic amines) is 1. The number of fused-ring (bicyclic) bond motifs is 2. The van der Waals surface area contributed by atoms with Crippen molar-refractivity contribution in [3.63, 3.8) is 0 Å².